The van der Waals surface area contributed by atoms with Gasteiger partial charge in [0.05, 0.1) is 12.2 Å². The quantitative estimate of drug-likeness (QED) is 0.657. The highest BCUT2D eigenvalue weighted by molar-refractivity contribution is 4.86. The van der Waals surface area contributed by atoms with Crippen molar-refractivity contribution in [2.75, 3.05) is 26.2 Å². The summed E-state index contributed by atoms with van der Waals surface area (Å²) in [6.07, 6.45) is -0.0824. The van der Waals surface area contributed by atoms with Gasteiger partial charge in [0.25, 0.3) is 0 Å². The first-order chi connectivity index (χ1) is 7.84. The molecule has 0 aromatic carbocycles. The van der Waals surface area contributed by atoms with Crippen LogP contribution in [0.5, 0.6) is 0 Å². The SMILES string of the molecule is CCNC(CCN1CC(O)C(O)C1)C(C)(C)C. The Hall–Kier alpha value is -0.160. The van der Waals surface area contributed by atoms with Crippen LogP contribution in [0.15, 0.2) is 0 Å². The molecule has 1 fully saturated rings. The largest absolute Gasteiger partial charge is 0.389 e. The van der Waals surface area contributed by atoms with Gasteiger partial charge in [-0.15, -0.1) is 0 Å². The maximum absolute atomic E-state index is 9.49. The Bertz CT molecular complexity index is 218. The van der Waals surface area contributed by atoms with Gasteiger partial charge < -0.3 is 15.5 Å². The Kier molecular flexibility index (Phi) is 5.38. The maximum Gasteiger partial charge on any atom is 0.0938 e. The second-order valence-electron chi connectivity index (χ2n) is 6.16. The van der Waals surface area contributed by atoms with E-state index in [1.807, 2.05) is 0 Å². The molecule has 0 bridgehead atoms. The first kappa shape index (κ1) is 14.9. The van der Waals surface area contributed by atoms with Gasteiger partial charge in [-0.1, -0.05) is 27.7 Å². The van der Waals surface area contributed by atoms with Crippen molar-refractivity contribution in [2.45, 2.75) is 52.4 Å². The van der Waals surface area contributed by atoms with Crippen LogP contribution >= 0.6 is 0 Å². The van der Waals surface area contributed by atoms with Crippen molar-refractivity contribution in [1.29, 1.82) is 0 Å². The lowest BCUT2D eigenvalue weighted by Gasteiger charge is -2.32. The molecule has 17 heavy (non-hydrogen) atoms. The predicted octanol–water partition coefficient (Wildman–Crippen LogP) is 0.438. The molecule has 1 rings (SSSR count). The molecule has 0 spiro atoms. The molecule has 0 aromatic heterocycles. The highest BCUT2D eigenvalue weighted by Gasteiger charge is 2.30. The van der Waals surface area contributed by atoms with Crippen molar-refractivity contribution in [3.8, 4) is 0 Å². The summed E-state index contributed by atoms with van der Waals surface area (Å²) >= 11 is 0. The topological polar surface area (TPSA) is 55.7 Å². The van der Waals surface area contributed by atoms with Crippen molar-refractivity contribution in [2.24, 2.45) is 5.41 Å². The van der Waals surface area contributed by atoms with Gasteiger partial charge in [-0.25, -0.2) is 0 Å². The van der Waals surface area contributed by atoms with Crippen LogP contribution in [0.25, 0.3) is 0 Å². The van der Waals surface area contributed by atoms with E-state index < -0.39 is 12.2 Å². The summed E-state index contributed by atoms with van der Waals surface area (Å²) in [5.41, 5.74) is 0.243. The monoisotopic (exact) mass is 244 g/mol. The molecule has 1 aliphatic heterocycles. The number of aliphatic hydroxyl groups is 2. The Morgan fingerprint density at radius 3 is 2.18 bits per heavy atom. The van der Waals surface area contributed by atoms with E-state index >= 15 is 0 Å². The number of hydrogen-bond donors (Lipinski definition) is 3. The van der Waals surface area contributed by atoms with Crippen LogP contribution in [0, 0.1) is 5.41 Å². The zero-order chi connectivity index (χ0) is 13.1. The van der Waals surface area contributed by atoms with Gasteiger partial charge in [0.2, 0.25) is 0 Å². The molecule has 0 radical (unpaired) electrons. The van der Waals surface area contributed by atoms with Crippen molar-refractivity contribution in [1.82, 2.24) is 10.2 Å². The molecule has 3 unspecified atom stereocenters. The number of hydrogen-bond acceptors (Lipinski definition) is 4. The van der Waals surface area contributed by atoms with E-state index in [0.717, 1.165) is 19.5 Å². The Morgan fingerprint density at radius 2 is 1.76 bits per heavy atom. The summed E-state index contributed by atoms with van der Waals surface area (Å²) in [6.45, 7) is 12.0. The van der Waals surface area contributed by atoms with Crippen LogP contribution in [-0.4, -0.2) is 59.5 Å². The molecule has 102 valence electrons. The van der Waals surface area contributed by atoms with Crippen LogP contribution in [0.2, 0.25) is 0 Å². The third kappa shape index (κ3) is 4.54. The highest BCUT2D eigenvalue weighted by Crippen LogP contribution is 2.22. The fraction of sp³-hybridized carbons (Fsp3) is 1.00. The van der Waals surface area contributed by atoms with E-state index in [1.54, 1.807) is 0 Å². The Balaban J connectivity index is 2.37. The van der Waals surface area contributed by atoms with Crippen LogP contribution in [0.1, 0.15) is 34.1 Å². The molecule has 3 N–H and O–H groups in total. The fourth-order valence-corrected chi connectivity index (χ4v) is 2.43. The zero-order valence-corrected chi connectivity index (χ0v) is 11.6. The summed E-state index contributed by atoms with van der Waals surface area (Å²) in [7, 11) is 0. The van der Waals surface area contributed by atoms with Crippen molar-refractivity contribution >= 4 is 0 Å². The van der Waals surface area contributed by atoms with Crippen LogP contribution in [0.3, 0.4) is 0 Å². The molecule has 4 heteroatoms. The van der Waals surface area contributed by atoms with Crippen molar-refractivity contribution in [3.05, 3.63) is 0 Å². The van der Waals surface area contributed by atoms with Gasteiger partial charge in [-0.3, -0.25) is 4.90 Å². The number of nitrogens with zero attached hydrogens (tertiary/aromatic N) is 1. The van der Waals surface area contributed by atoms with Crippen LogP contribution < -0.4 is 5.32 Å². The van der Waals surface area contributed by atoms with Crippen LogP contribution in [0.4, 0.5) is 0 Å². The summed E-state index contributed by atoms with van der Waals surface area (Å²) < 4.78 is 0. The third-order valence-corrected chi connectivity index (χ3v) is 3.56. The molecule has 1 saturated heterocycles. The second kappa shape index (κ2) is 6.14. The van der Waals surface area contributed by atoms with E-state index in [-0.39, 0.29) is 5.41 Å². The lowest BCUT2D eigenvalue weighted by atomic mass is 9.84. The second-order valence-corrected chi connectivity index (χ2v) is 6.16. The Labute approximate surface area is 105 Å². The van der Waals surface area contributed by atoms with Gasteiger partial charge in [-0.2, -0.15) is 0 Å². The van der Waals surface area contributed by atoms with E-state index in [9.17, 15) is 10.2 Å². The third-order valence-electron chi connectivity index (χ3n) is 3.56. The van der Waals surface area contributed by atoms with E-state index in [1.165, 1.54) is 0 Å². The fourth-order valence-electron chi connectivity index (χ4n) is 2.43. The Morgan fingerprint density at radius 1 is 1.24 bits per heavy atom. The molecular formula is C13H28N2O2. The van der Waals surface area contributed by atoms with Gasteiger partial charge in [0.1, 0.15) is 0 Å². The number of nitrogens with one attached hydrogen (secondary N) is 1. The average Bonchev–Trinajstić information content (AvgIpc) is 2.51. The average molecular weight is 244 g/mol. The van der Waals surface area contributed by atoms with Crippen LogP contribution in [-0.2, 0) is 0 Å². The zero-order valence-electron chi connectivity index (χ0n) is 11.6. The predicted molar refractivity (Wildman–Crippen MR) is 70.0 cm³/mol. The first-order valence-corrected chi connectivity index (χ1v) is 6.66. The van der Waals surface area contributed by atoms with E-state index in [0.29, 0.717) is 19.1 Å². The minimum absolute atomic E-state index is 0.243. The minimum Gasteiger partial charge on any atom is -0.389 e. The highest BCUT2D eigenvalue weighted by atomic mass is 16.3. The molecule has 0 aliphatic carbocycles. The number of aliphatic hydroxyl groups excluding tert-OH is 2. The molecule has 3 atom stereocenters. The van der Waals surface area contributed by atoms with Gasteiger partial charge in [0.15, 0.2) is 0 Å². The lowest BCUT2D eigenvalue weighted by Crippen LogP contribution is -2.42. The summed E-state index contributed by atoms with van der Waals surface area (Å²) in [6, 6.07) is 0.474. The molecule has 1 aliphatic rings. The van der Waals surface area contributed by atoms with Crippen molar-refractivity contribution in [3.63, 3.8) is 0 Å². The molecule has 0 saturated carbocycles. The first-order valence-electron chi connectivity index (χ1n) is 6.66. The van der Waals surface area contributed by atoms with E-state index in [4.69, 9.17) is 0 Å². The molecule has 0 amide bonds. The molecule has 1 heterocycles. The normalized spacial score (nSPS) is 28.6. The summed E-state index contributed by atoms with van der Waals surface area (Å²) in [5.74, 6) is 0. The number of rotatable bonds is 5. The minimum atomic E-state index is -0.567. The maximum atomic E-state index is 9.49. The smallest absolute Gasteiger partial charge is 0.0938 e. The standard InChI is InChI=1S/C13H28N2O2/c1-5-14-12(13(2,3)4)6-7-15-8-10(16)11(17)9-15/h10-12,14,16-17H,5-9H2,1-4H3. The molecular weight excluding hydrogens is 216 g/mol. The van der Waals surface area contributed by atoms with E-state index in [2.05, 4.69) is 37.9 Å². The van der Waals surface area contributed by atoms with Gasteiger partial charge in [0, 0.05) is 19.1 Å². The summed E-state index contributed by atoms with van der Waals surface area (Å²) in [4.78, 5) is 2.14. The number of likely N-dealkylation sites (tertiary alicyclic amines) is 1. The van der Waals surface area contributed by atoms with Gasteiger partial charge in [-0.05, 0) is 24.9 Å². The van der Waals surface area contributed by atoms with Gasteiger partial charge >= 0.3 is 0 Å². The summed E-state index contributed by atoms with van der Waals surface area (Å²) in [5, 5.41) is 22.5. The van der Waals surface area contributed by atoms with Crippen molar-refractivity contribution < 1.29 is 10.2 Å². The molecule has 4 nitrogen and oxygen atoms in total. The lowest BCUT2D eigenvalue weighted by molar-refractivity contribution is 0.0572. The number of β-amino-alcohol motifs (C(OH)–C–C–N with tert-alkyl or cyclic N) is 2. The molecule has 0 aromatic rings.